The molecule has 32 heavy (non-hydrogen) atoms. The van der Waals surface area contributed by atoms with Gasteiger partial charge in [-0.25, -0.2) is 4.90 Å². The summed E-state index contributed by atoms with van der Waals surface area (Å²) in [7, 11) is 3.06. The van der Waals surface area contributed by atoms with E-state index in [-0.39, 0.29) is 11.3 Å². The number of para-hydroxylation sites is 2. The van der Waals surface area contributed by atoms with E-state index in [0.29, 0.717) is 33.8 Å². The second-order valence-electron chi connectivity index (χ2n) is 7.00. The third-order valence-corrected chi connectivity index (χ3v) is 5.21. The third-order valence-electron chi connectivity index (χ3n) is 5.21. The van der Waals surface area contributed by atoms with Crippen molar-refractivity contribution in [3.8, 4) is 5.75 Å². The Kier molecular flexibility index (Phi) is 5.43. The normalized spacial score (nSPS) is 14.3. The zero-order chi connectivity index (χ0) is 22.8. The number of hydrogen-bond donors (Lipinski definition) is 1. The number of nitro benzene ring substituents is 1. The van der Waals surface area contributed by atoms with Crippen molar-refractivity contribution in [2.75, 3.05) is 24.4 Å². The van der Waals surface area contributed by atoms with Crippen LogP contribution in [0.5, 0.6) is 5.75 Å². The van der Waals surface area contributed by atoms with Gasteiger partial charge in [0.25, 0.3) is 17.5 Å². The smallest absolute Gasteiger partial charge is 0.292 e. The van der Waals surface area contributed by atoms with Crippen LogP contribution in [-0.4, -0.2) is 30.9 Å². The van der Waals surface area contributed by atoms with E-state index in [0.717, 1.165) is 4.90 Å². The highest BCUT2D eigenvalue weighted by atomic mass is 16.6. The van der Waals surface area contributed by atoms with Crippen molar-refractivity contribution < 1.29 is 19.2 Å². The topological polar surface area (TPSA) is 102 Å². The lowest BCUT2D eigenvalue weighted by Gasteiger charge is -2.29. The molecule has 8 nitrogen and oxygen atoms in total. The summed E-state index contributed by atoms with van der Waals surface area (Å²) in [6.45, 7) is 0. The van der Waals surface area contributed by atoms with Crippen LogP contribution in [0.3, 0.4) is 0 Å². The third kappa shape index (κ3) is 3.47. The van der Waals surface area contributed by atoms with E-state index in [1.165, 1.54) is 13.2 Å². The van der Waals surface area contributed by atoms with Gasteiger partial charge in [-0.15, -0.1) is 0 Å². The lowest BCUT2D eigenvalue weighted by atomic mass is 9.91. The molecule has 0 bridgehead atoms. The number of amides is 2. The first-order chi connectivity index (χ1) is 15.5. The van der Waals surface area contributed by atoms with Crippen LogP contribution < -0.4 is 15.0 Å². The fourth-order valence-corrected chi connectivity index (χ4v) is 3.69. The van der Waals surface area contributed by atoms with Crippen LogP contribution in [0.1, 0.15) is 21.5 Å². The molecule has 1 aliphatic heterocycles. The van der Waals surface area contributed by atoms with Crippen LogP contribution in [0.2, 0.25) is 0 Å². The number of carbonyl (C=O) groups excluding carboxylic acids is 2. The van der Waals surface area contributed by atoms with E-state index in [9.17, 15) is 19.7 Å². The van der Waals surface area contributed by atoms with Gasteiger partial charge in [-0.2, -0.15) is 0 Å². The summed E-state index contributed by atoms with van der Waals surface area (Å²) in [5.41, 5.74) is 2.09. The predicted molar refractivity (Wildman–Crippen MR) is 122 cm³/mol. The molecule has 1 heterocycles. The molecule has 1 N–H and O–H groups in total. The van der Waals surface area contributed by atoms with Gasteiger partial charge in [0, 0.05) is 24.3 Å². The Bertz CT molecular complexity index is 1280. The molecule has 2 amide bonds. The SMILES string of the molecule is CNc1ccc(/C=C2/C(=O)N(c3ccccc3OC)C(=O)c3ccccc32)cc1[N+](=O)[O-]. The summed E-state index contributed by atoms with van der Waals surface area (Å²) in [5, 5.41) is 14.2. The van der Waals surface area contributed by atoms with E-state index >= 15 is 0 Å². The van der Waals surface area contributed by atoms with Crippen LogP contribution >= 0.6 is 0 Å². The minimum absolute atomic E-state index is 0.115. The number of fused-ring (bicyclic) bond motifs is 1. The van der Waals surface area contributed by atoms with Crippen LogP contribution in [0.15, 0.2) is 66.7 Å². The Morgan fingerprint density at radius 3 is 2.34 bits per heavy atom. The van der Waals surface area contributed by atoms with E-state index in [1.54, 1.807) is 73.8 Å². The number of methoxy groups -OCH3 is 1. The van der Waals surface area contributed by atoms with Gasteiger partial charge in [-0.1, -0.05) is 36.4 Å². The van der Waals surface area contributed by atoms with Gasteiger partial charge in [0.2, 0.25) is 0 Å². The van der Waals surface area contributed by atoms with Crippen molar-refractivity contribution in [2.45, 2.75) is 0 Å². The maximum absolute atomic E-state index is 13.5. The molecular weight excluding hydrogens is 410 g/mol. The summed E-state index contributed by atoms with van der Waals surface area (Å²) in [6, 6.07) is 18.2. The highest BCUT2D eigenvalue weighted by molar-refractivity contribution is 6.43. The molecule has 0 fully saturated rings. The lowest BCUT2D eigenvalue weighted by Crippen LogP contribution is -2.42. The van der Waals surface area contributed by atoms with Gasteiger partial charge in [0.05, 0.1) is 17.7 Å². The van der Waals surface area contributed by atoms with E-state index in [4.69, 9.17) is 4.74 Å². The monoisotopic (exact) mass is 429 g/mol. The Morgan fingerprint density at radius 1 is 0.969 bits per heavy atom. The Labute approximate surface area is 183 Å². The van der Waals surface area contributed by atoms with E-state index < -0.39 is 16.7 Å². The van der Waals surface area contributed by atoms with Gasteiger partial charge < -0.3 is 10.1 Å². The summed E-state index contributed by atoms with van der Waals surface area (Å²) in [5.74, 6) is -0.635. The number of nitro groups is 1. The first-order valence-corrected chi connectivity index (χ1v) is 9.75. The first-order valence-electron chi connectivity index (χ1n) is 9.75. The molecule has 3 aromatic carbocycles. The number of nitrogens with one attached hydrogen (secondary N) is 1. The highest BCUT2D eigenvalue weighted by Crippen LogP contribution is 2.37. The van der Waals surface area contributed by atoms with Gasteiger partial charge >= 0.3 is 0 Å². The van der Waals surface area contributed by atoms with Gasteiger partial charge in [0.15, 0.2) is 0 Å². The van der Waals surface area contributed by atoms with Crippen molar-refractivity contribution in [1.82, 2.24) is 0 Å². The van der Waals surface area contributed by atoms with Crippen LogP contribution in [0.4, 0.5) is 17.1 Å². The maximum Gasteiger partial charge on any atom is 0.292 e. The van der Waals surface area contributed by atoms with Gasteiger partial charge in [0.1, 0.15) is 11.4 Å². The van der Waals surface area contributed by atoms with E-state index in [1.807, 2.05) is 0 Å². The Balaban J connectivity index is 1.91. The quantitative estimate of drug-likeness (QED) is 0.280. The van der Waals surface area contributed by atoms with Gasteiger partial charge in [-0.3, -0.25) is 19.7 Å². The molecule has 160 valence electrons. The van der Waals surface area contributed by atoms with Crippen molar-refractivity contribution in [2.24, 2.45) is 0 Å². The molecule has 0 aliphatic carbocycles. The Morgan fingerprint density at radius 2 is 1.66 bits per heavy atom. The number of hydrogen-bond acceptors (Lipinski definition) is 6. The lowest BCUT2D eigenvalue weighted by molar-refractivity contribution is -0.384. The molecule has 0 aromatic heterocycles. The summed E-state index contributed by atoms with van der Waals surface area (Å²) in [4.78, 5) is 38.8. The standard InChI is InChI=1S/C24H19N3O5/c1-25-19-12-11-15(14-21(19)27(30)31)13-18-16-7-3-4-8-17(16)23(28)26(24(18)29)20-9-5-6-10-22(20)32-2/h3-14,25H,1-2H3/b18-13+. The highest BCUT2D eigenvalue weighted by Gasteiger charge is 2.37. The predicted octanol–water partition coefficient (Wildman–Crippen LogP) is 4.37. The molecule has 0 saturated heterocycles. The van der Waals surface area contributed by atoms with Crippen LogP contribution in [0.25, 0.3) is 11.6 Å². The molecule has 4 rings (SSSR count). The fourth-order valence-electron chi connectivity index (χ4n) is 3.69. The molecule has 1 aliphatic rings. The second kappa shape index (κ2) is 8.35. The maximum atomic E-state index is 13.5. The second-order valence-corrected chi connectivity index (χ2v) is 7.00. The number of imide groups is 1. The molecule has 8 heteroatoms. The summed E-state index contributed by atoms with van der Waals surface area (Å²) < 4.78 is 5.36. The molecule has 0 saturated carbocycles. The minimum atomic E-state index is -0.543. The van der Waals surface area contributed by atoms with Crippen molar-refractivity contribution >= 4 is 40.5 Å². The number of anilines is 2. The number of ether oxygens (including phenoxy) is 1. The Hall–Kier alpha value is -4.46. The zero-order valence-electron chi connectivity index (χ0n) is 17.4. The molecule has 0 spiro atoms. The van der Waals surface area contributed by atoms with Crippen LogP contribution in [-0.2, 0) is 4.79 Å². The molecule has 3 aromatic rings. The van der Waals surface area contributed by atoms with E-state index in [2.05, 4.69) is 5.32 Å². The molecule has 0 atom stereocenters. The number of nitrogens with zero attached hydrogens (tertiary/aromatic N) is 2. The molecular formula is C24H19N3O5. The number of carbonyl (C=O) groups is 2. The molecule has 0 radical (unpaired) electrons. The van der Waals surface area contributed by atoms with Crippen molar-refractivity contribution in [3.63, 3.8) is 0 Å². The summed E-state index contributed by atoms with van der Waals surface area (Å²) >= 11 is 0. The van der Waals surface area contributed by atoms with Crippen LogP contribution in [0, 0.1) is 10.1 Å². The summed E-state index contributed by atoms with van der Waals surface area (Å²) in [6.07, 6.45) is 1.56. The number of benzene rings is 3. The fraction of sp³-hybridized carbons (Fsp3) is 0.0833. The zero-order valence-corrected chi connectivity index (χ0v) is 17.4. The number of rotatable bonds is 5. The molecule has 0 unspecified atom stereocenters. The minimum Gasteiger partial charge on any atom is -0.495 e. The largest absolute Gasteiger partial charge is 0.495 e. The average molecular weight is 429 g/mol. The first kappa shape index (κ1) is 20.8. The van der Waals surface area contributed by atoms with Crippen molar-refractivity contribution in [1.29, 1.82) is 0 Å². The van der Waals surface area contributed by atoms with Gasteiger partial charge in [-0.05, 0) is 41.5 Å². The van der Waals surface area contributed by atoms with Crippen molar-refractivity contribution in [3.05, 3.63) is 93.5 Å². The average Bonchev–Trinajstić information content (AvgIpc) is 2.82.